The quantitative estimate of drug-likeness (QED) is 0.500. The Morgan fingerprint density at radius 1 is 1.11 bits per heavy atom. The molecule has 0 amide bonds. The van der Waals surface area contributed by atoms with Crippen molar-refractivity contribution >= 4 is 17.7 Å². The van der Waals surface area contributed by atoms with Crippen LogP contribution in [0.2, 0.25) is 0 Å². The van der Waals surface area contributed by atoms with E-state index in [-0.39, 0.29) is 29.5 Å². The highest BCUT2D eigenvalue weighted by Gasteiger charge is 2.64. The van der Waals surface area contributed by atoms with Crippen LogP contribution in [0.1, 0.15) is 64.7 Å². The summed E-state index contributed by atoms with van der Waals surface area (Å²) in [6, 6.07) is 8.52. The Morgan fingerprint density at radius 2 is 1.77 bits per heavy atom. The van der Waals surface area contributed by atoms with E-state index >= 15 is 0 Å². The maximum absolute atomic E-state index is 14.2. The molecule has 1 N–H and O–H groups in total. The molecule has 35 heavy (non-hydrogen) atoms. The zero-order chi connectivity index (χ0) is 25.7. The highest BCUT2D eigenvalue weighted by molar-refractivity contribution is 6.04. The molecule has 0 aromatic heterocycles. The lowest BCUT2D eigenvalue weighted by Gasteiger charge is -2.39. The Kier molecular flexibility index (Phi) is 6.56. The average molecular weight is 481 g/mol. The Bertz CT molecular complexity index is 1080. The fourth-order valence-electron chi connectivity index (χ4n) is 6.29. The SMILES string of the molecule is CC(=O)O[C@H]1/C(C)=C/C[C@H]2[C@@H](/C=C(\C)C(=O)[C@@]3(OC(=O)c4ccccc4)C[C@H](C)[C@H](O)[C@H]13)C2(C)C. The van der Waals surface area contributed by atoms with Gasteiger partial charge in [0.05, 0.1) is 17.6 Å². The minimum Gasteiger partial charge on any atom is -0.457 e. The molecular formula is C29H36O6. The van der Waals surface area contributed by atoms with Crippen LogP contribution >= 0.6 is 0 Å². The zero-order valence-electron chi connectivity index (χ0n) is 21.4. The summed E-state index contributed by atoms with van der Waals surface area (Å²) >= 11 is 0. The van der Waals surface area contributed by atoms with Crippen LogP contribution in [0.4, 0.5) is 0 Å². The molecule has 7 atom stereocenters. The van der Waals surface area contributed by atoms with Crippen molar-refractivity contribution < 1.29 is 29.0 Å². The van der Waals surface area contributed by atoms with E-state index in [1.807, 2.05) is 19.9 Å². The topological polar surface area (TPSA) is 89.9 Å². The van der Waals surface area contributed by atoms with Gasteiger partial charge in [-0.2, -0.15) is 0 Å². The number of benzene rings is 1. The number of hydrogen-bond acceptors (Lipinski definition) is 6. The van der Waals surface area contributed by atoms with Gasteiger partial charge in [0.1, 0.15) is 6.10 Å². The minimum absolute atomic E-state index is 0.0320. The highest BCUT2D eigenvalue weighted by Crippen LogP contribution is 2.62. The van der Waals surface area contributed by atoms with E-state index in [9.17, 15) is 19.5 Å². The molecule has 6 heteroatoms. The number of rotatable bonds is 3. The Morgan fingerprint density at radius 3 is 2.40 bits per heavy atom. The van der Waals surface area contributed by atoms with Crippen LogP contribution in [-0.2, 0) is 19.1 Å². The lowest BCUT2D eigenvalue weighted by molar-refractivity contribution is -0.161. The van der Waals surface area contributed by atoms with Crippen molar-refractivity contribution in [1.29, 1.82) is 0 Å². The second-order valence-corrected chi connectivity index (χ2v) is 11.2. The Hall–Kier alpha value is -2.73. The van der Waals surface area contributed by atoms with Gasteiger partial charge in [0.25, 0.3) is 0 Å². The van der Waals surface area contributed by atoms with Crippen molar-refractivity contribution in [2.45, 2.75) is 72.2 Å². The summed E-state index contributed by atoms with van der Waals surface area (Å²) in [5.41, 5.74) is -0.0470. The summed E-state index contributed by atoms with van der Waals surface area (Å²) in [5, 5.41) is 11.4. The standard InChI is InChI=1S/C29H36O6/c1-16-12-13-21-22(28(21,5)6)14-17(2)26(32)29(35-27(33)20-10-8-7-9-11-20)15-18(3)24(31)23(29)25(16)34-19(4)30/h7-12,14,18,21-25,31H,13,15H2,1-6H3/b16-12+,17-14+/t18-,21-,22+,23+,24-,25-,29+/m0/s1. The van der Waals surface area contributed by atoms with E-state index in [1.54, 1.807) is 37.3 Å². The van der Waals surface area contributed by atoms with Gasteiger partial charge in [-0.15, -0.1) is 0 Å². The lowest BCUT2D eigenvalue weighted by atomic mass is 9.77. The number of fused-ring (bicyclic) bond motifs is 2. The van der Waals surface area contributed by atoms with Crippen molar-refractivity contribution in [3.8, 4) is 0 Å². The molecule has 6 nitrogen and oxygen atoms in total. The van der Waals surface area contributed by atoms with Gasteiger partial charge in [-0.1, -0.05) is 51.1 Å². The molecular weight excluding hydrogens is 444 g/mol. The van der Waals surface area contributed by atoms with Crippen molar-refractivity contribution in [3.63, 3.8) is 0 Å². The third-order valence-corrected chi connectivity index (χ3v) is 8.47. The fourth-order valence-corrected chi connectivity index (χ4v) is 6.29. The molecule has 3 aliphatic carbocycles. The summed E-state index contributed by atoms with van der Waals surface area (Å²) in [4.78, 5) is 39.7. The van der Waals surface area contributed by atoms with Crippen molar-refractivity contribution in [1.82, 2.24) is 0 Å². The lowest BCUT2D eigenvalue weighted by Crippen LogP contribution is -2.54. The maximum atomic E-state index is 14.2. The first-order valence-corrected chi connectivity index (χ1v) is 12.4. The number of carbonyl (C=O) groups excluding carboxylic acids is 3. The van der Waals surface area contributed by atoms with E-state index in [0.29, 0.717) is 17.1 Å². The molecule has 188 valence electrons. The monoisotopic (exact) mass is 480 g/mol. The first-order valence-electron chi connectivity index (χ1n) is 12.4. The molecule has 2 fully saturated rings. The zero-order valence-corrected chi connectivity index (χ0v) is 21.4. The van der Waals surface area contributed by atoms with E-state index in [4.69, 9.17) is 9.47 Å². The number of esters is 2. The summed E-state index contributed by atoms with van der Waals surface area (Å²) < 4.78 is 11.9. The normalized spacial score (nSPS) is 39.0. The number of allylic oxidation sites excluding steroid dienone is 2. The van der Waals surface area contributed by atoms with Crippen molar-refractivity contribution in [2.24, 2.45) is 29.1 Å². The summed E-state index contributed by atoms with van der Waals surface area (Å²) in [7, 11) is 0. The Balaban J connectivity index is 1.89. The van der Waals surface area contributed by atoms with E-state index < -0.39 is 35.7 Å². The number of hydrogen-bond donors (Lipinski definition) is 1. The molecule has 1 aromatic carbocycles. The maximum Gasteiger partial charge on any atom is 0.339 e. The summed E-state index contributed by atoms with van der Waals surface area (Å²) in [5.74, 6) is -2.20. The smallest absolute Gasteiger partial charge is 0.339 e. The molecule has 0 heterocycles. The van der Waals surface area contributed by atoms with Gasteiger partial charge in [0.2, 0.25) is 5.78 Å². The molecule has 3 aliphatic rings. The third kappa shape index (κ3) is 4.37. The van der Waals surface area contributed by atoms with Crippen LogP contribution in [0.5, 0.6) is 0 Å². The van der Waals surface area contributed by atoms with Gasteiger partial charge in [0.15, 0.2) is 5.60 Å². The first-order chi connectivity index (χ1) is 16.4. The minimum atomic E-state index is -1.67. The summed E-state index contributed by atoms with van der Waals surface area (Å²) in [6.07, 6.45) is 3.07. The van der Waals surface area contributed by atoms with Crippen LogP contribution < -0.4 is 0 Å². The van der Waals surface area contributed by atoms with Gasteiger partial charge in [-0.3, -0.25) is 9.59 Å². The molecule has 0 bridgehead atoms. The fraction of sp³-hybridized carbons (Fsp3) is 0.552. The van der Waals surface area contributed by atoms with Gasteiger partial charge >= 0.3 is 11.9 Å². The molecule has 4 rings (SSSR count). The van der Waals surface area contributed by atoms with Crippen molar-refractivity contribution in [2.75, 3.05) is 0 Å². The second kappa shape index (κ2) is 9.05. The van der Waals surface area contributed by atoms with Crippen LogP contribution in [0.25, 0.3) is 0 Å². The predicted molar refractivity (Wildman–Crippen MR) is 131 cm³/mol. The largest absolute Gasteiger partial charge is 0.457 e. The number of aliphatic hydroxyl groups excluding tert-OH is 1. The molecule has 0 saturated heterocycles. The third-order valence-electron chi connectivity index (χ3n) is 8.47. The van der Waals surface area contributed by atoms with E-state index in [2.05, 4.69) is 19.9 Å². The second-order valence-electron chi connectivity index (χ2n) is 11.2. The van der Waals surface area contributed by atoms with E-state index in [0.717, 1.165) is 12.0 Å². The van der Waals surface area contributed by atoms with Gasteiger partial charge < -0.3 is 14.6 Å². The van der Waals surface area contributed by atoms with Crippen molar-refractivity contribution in [3.05, 3.63) is 59.2 Å². The molecule has 0 unspecified atom stereocenters. The molecule has 0 radical (unpaired) electrons. The van der Waals surface area contributed by atoms with Gasteiger partial charge in [-0.05, 0) is 66.7 Å². The Labute approximate surface area is 207 Å². The number of ether oxygens (including phenoxy) is 2. The first kappa shape index (κ1) is 25.4. The molecule has 2 saturated carbocycles. The number of aliphatic hydroxyl groups is 1. The van der Waals surface area contributed by atoms with Crippen LogP contribution in [0.15, 0.2) is 53.6 Å². The van der Waals surface area contributed by atoms with Crippen LogP contribution in [0.3, 0.4) is 0 Å². The van der Waals surface area contributed by atoms with Gasteiger partial charge in [-0.25, -0.2) is 4.79 Å². The average Bonchev–Trinajstić information content (AvgIpc) is 3.21. The van der Waals surface area contributed by atoms with Crippen LogP contribution in [-0.4, -0.2) is 40.6 Å². The number of carbonyl (C=O) groups is 3. The predicted octanol–water partition coefficient (Wildman–Crippen LogP) is 4.67. The number of Topliss-reactive ketones (excluding diaryl/α,β-unsaturated/α-hetero) is 1. The molecule has 0 spiro atoms. The number of ketones is 1. The van der Waals surface area contributed by atoms with Gasteiger partial charge in [0, 0.05) is 13.3 Å². The summed E-state index contributed by atoms with van der Waals surface area (Å²) in [6.45, 7) is 11.1. The molecule has 0 aliphatic heterocycles. The highest BCUT2D eigenvalue weighted by atomic mass is 16.6. The van der Waals surface area contributed by atoms with Crippen LogP contribution in [0, 0.1) is 29.1 Å². The van der Waals surface area contributed by atoms with E-state index in [1.165, 1.54) is 6.92 Å². The molecule has 1 aromatic rings.